The Morgan fingerprint density at radius 2 is 1.97 bits per heavy atom. The topological polar surface area (TPSA) is 84.9 Å². The standard InChI is InChI=1S/C23H28N2O5S2/c1-4-30-23(28)21-18-11-12-25(15(2)26)14-19(18)32-22(21)24-20(27)6-5-13-31-17-9-7-16(29-3)8-10-17/h7-10H,4-6,11-14H2,1-3H3,(H,24,27). The molecule has 1 aromatic carbocycles. The molecule has 172 valence electrons. The highest BCUT2D eigenvalue weighted by Crippen LogP contribution is 2.38. The minimum atomic E-state index is -0.424. The molecule has 32 heavy (non-hydrogen) atoms. The summed E-state index contributed by atoms with van der Waals surface area (Å²) in [5, 5.41) is 3.43. The number of nitrogens with one attached hydrogen (secondary N) is 1. The molecule has 0 saturated carbocycles. The van der Waals surface area contributed by atoms with Crippen LogP contribution in [0, 0.1) is 0 Å². The van der Waals surface area contributed by atoms with Crippen LogP contribution in [0.3, 0.4) is 0 Å². The van der Waals surface area contributed by atoms with Crippen LogP contribution in [0.5, 0.6) is 5.75 Å². The van der Waals surface area contributed by atoms with Crippen LogP contribution in [0.15, 0.2) is 29.2 Å². The first kappa shape index (κ1) is 24.1. The van der Waals surface area contributed by atoms with E-state index in [9.17, 15) is 14.4 Å². The number of carbonyl (C=O) groups is 3. The van der Waals surface area contributed by atoms with E-state index in [0.717, 1.165) is 26.8 Å². The van der Waals surface area contributed by atoms with Gasteiger partial charge in [0.2, 0.25) is 11.8 Å². The number of benzene rings is 1. The van der Waals surface area contributed by atoms with Crippen molar-refractivity contribution < 1.29 is 23.9 Å². The van der Waals surface area contributed by atoms with Crippen molar-refractivity contribution in [1.29, 1.82) is 0 Å². The molecule has 0 spiro atoms. The van der Waals surface area contributed by atoms with Gasteiger partial charge < -0.3 is 19.7 Å². The first-order valence-electron chi connectivity index (χ1n) is 10.6. The number of rotatable bonds is 9. The molecule has 1 aromatic heterocycles. The molecule has 2 aromatic rings. The van der Waals surface area contributed by atoms with Crippen molar-refractivity contribution in [2.24, 2.45) is 0 Å². The van der Waals surface area contributed by atoms with E-state index in [1.807, 2.05) is 24.3 Å². The summed E-state index contributed by atoms with van der Waals surface area (Å²) in [4.78, 5) is 40.7. The Morgan fingerprint density at radius 3 is 2.62 bits per heavy atom. The molecule has 1 aliphatic rings. The highest BCUT2D eigenvalue weighted by molar-refractivity contribution is 7.99. The summed E-state index contributed by atoms with van der Waals surface area (Å²) in [7, 11) is 1.64. The zero-order valence-electron chi connectivity index (χ0n) is 18.6. The molecule has 0 bridgehead atoms. The molecule has 0 fully saturated rings. The molecule has 7 nitrogen and oxygen atoms in total. The molecule has 0 unspecified atom stereocenters. The van der Waals surface area contributed by atoms with Crippen LogP contribution in [0.1, 0.15) is 47.5 Å². The SMILES string of the molecule is CCOC(=O)c1c(NC(=O)CCCSc2ccc(OC)cc2)sc2c1CCN(C(C)=O)C2. The van der Waals surface area contributed by atoms with Gasteiger partial charge in [-0.15, -0.1) is 23.1 Å². The molecular formula is C23H28N2O5S2. The van der Waals surface area contributed by atoms with E-state index in [1.54, 1.807) is 30.7 Å². The van der Waals surface area contributed by atoms with Crippen LogP contribution < -0.4 is 10.1 Å². The number of thioether (sulfide) groups is 1. The largest absolute Gasteiger partial charge is 0.497 e. The fourth-order valence-electron chi connectivity index (χ4n) is 3.46. The lowest BCUT2D eigenvalue weighted by Crippen LogP contribution is -2.34. The molecule has 3 rings (SSSR count). The lowest BCUT2D eigenvalue weighted by atomic mass is 10.0. The minimum Gasteiger partial charge on any atom is -0.497 e. The van der Waals surface area contributed by atoms with E-state index < -0.39 is 5.97 Å². The van der Waals surface area contributed by atoms with Gasteiger partial charge in [-0.1, -0.05) is 0 Å². The Hall–Kier alpha value is -2.52. The Morgan fingerprint density at radius 1 is 1.22 bits per heavy atom. The summed E-state index contributed by atoms with van der Waals surface area (Å²) in [5.74, 6) is 1.07. The summed E-state index contributed by atoms with van der Waals surface area (Å²) < 4.78 is 10.4. The van der Waals surface area contributed by atoms with Crippen LogP contribution in [-0.4, -0.2) is 48.7 Å². The van der Waals surface area contributed by atoms with Crippen molar-refractivity contribution in [2.45, 2.75) is 44.6 Å². The summed E-state index contributed by atoms with van der Waals surface area (Å²) in [6.45, 7) is 4.57. The second-order valence-corrected chi connectivity index (χ2v) is 9.57. The van der Waals surface area contributed by atoms with Crippen molar-refractivity contribution in [1.82, 2.24) is 4.90 Å². The Balaban J connectivity index is 1.60. The number of fused-ring (bicyclic) bond motifs is 1. The van der Waals surface area contributed by atoms with Crippen molar-refractivity contribution in [2.75, 3.05) is 31.3 Å². The Bertz CT molecular complexity index is 972. The van der Waals surface area contributed by atoms with Crippen LogP contribution in [0.4, 0.5) is 5.00 Å². The van der Waals surface area contributed by atoms with Crippen LogP contribution in [0.25, 0.3) is 0 Å². The fraction of sp³-hybridized carbons (Fsp3) is 0.435. The summed E-state index contributed by atoms with van der Waals surface area (Å²) in [6.07, 6.45) is 1.64. The number of anilines is 1. The molecule has 9 heteroatoms. The number of hydrogen-bond donors (Lipinski definition) is 1. The van der Waals surface area contributed by atoms with Crippen LogP contribution >= 0.6 is 23.1 Å². The molecular weight excluding hydrogens is 448 g/mol. The first-order chi connectivity index (χ1) is 15.4. The lowest BCUT2D eigenvalue weighted by Gasteiger charge is -2.25. The van der Waals surface area contributed by atoms with Gasteiger partial charge in [-0.05, 0) is 55.3 Å². The van der Waals surface area contributed by atoms with E-state index in [4.69, 9.17) is 9.47 Å². The Labute approximate surface area is 196 Å². The van der Waals surface area contributed by atoms with Gasteiger partial charge in [-0.25, -0.2) is 4.79 Å². The monoisotopic (exact) mass is 476 g/mol. The van der Waals surface area contributed by atoms with Crippen LogP contribution in [0.2, 0.25) is 0 Å². The van der Waals surface area contributed by atoms with Crippen molar-refractivity contribution >= 4 is 45.9 Å². The summed E-state index contributed by atoms with van der Waals surface area (Å²) >= 11 is 3.04. The quantitative estimate of drug-likeness (QED) is 0.329. The van der Waals surface area contributed by atoms with E-state index >= 15 is 0 Å². The van der Waals surface area contributed by atoms with E-state index in [0.29, 0.717) is 42.9 Å². The van der Waals surface area contributed by atoms with Gasteiger partial charge in [-0.2, -0.15) is 0 Å². The number of methoxy groups -OCH3 is 1. The number of ether oxygens (including phenoxy) is 2. The molecule has 1 N–H and O–H groups in total. The number of esters is 1. The normalized spacial score (nSPS) is 12.8. The maximum Gasteiger partial charge on any atom is 0.341 e. The second-order valence-electron chi connectivity index (χ2n) is 7.29. The summed E-state index contributed by atoms with van der Waals surface area (Å²) in [6, 6.07) is 7.82. The highest BCUT2D eigenvalue weighted by atomic mass is 32.2. The number of amides is 2. The number of hydrogen-bond acceptors (Lipinski definition) is 7. The van der Waals surface area contributed by atoms with Gasteiger partial charge >= 0.3 is 5.97 Å². The second kappa shape index (κ2) is 11.4. The van der Waals surface area contributed by atoms with E-state index in [-0.39, 0.29) is 18.4 Å². The number of carbonyl (C=O) groups excluding carboxylic acids is 3. The maximum atomic E-state index is 12.6. The smallest absolute Gasteiger partial charge is 0.341 e. The van der Waals surface area contributed by atoms with Crippen molar-refractivity contribution in [3.8, 4) is 5.75 Å². The number of thiophene rings is 1. The van der Waals surface area contributed by atoms with Gasteiger partial charge in [0.1, 0.15) is 10.8 Å². The predicted octanol–water partition coefficient (Wildman–Crippen LogP) is 4.35. The maximum absolute atomic E-state index is 12.6. The molecule has 0 saturated heterocycles. The molecule has 2 heterocycles. The Kier molecular flexibility index (Phi) is 8.58. The third-order valence-corrected chi connectivity index (χ3v) is 7.34. The van der Waals surface area contributed by atoms with Crippen molar-refractivity contribution in [3.05, 3.63) is 40.3 Å². The molecule has 0 atom stereocenters. The van der Waals surface area contributed by atoms with E-state index in [1.165, 1.54) is 18.3 Å². The highest BCUT2D eigenvalue weighted by Gasteiger charge is 2.30. The minimum absolute atomic E-state index is 0.00156. The van der Waals surface area contributed by atoms with Gasteiger partial charge in [0, 0.05) is 29.7 Å². The van der Waals surface area contributed by atoms with Gasteiger partial charge in [-0.3, -0.25) is 9.59 Å². The molecule has 1 aliphatic heterocycles. The van der Waals surface area contributed by atoms with Gasteiger partial charge in [0.25, 0.3) is 0 Å². The third-order valence-electron chi connectivity index (χ3n) is 5.11. The zero-order valence-corrected chi connectivity index (χ0v) is 20.2. The molecule has 2 amide bonds. The lowest BCUT2D eigenvalue weighted by molar-refractivity contribution is -0.129. The third kappa shape index (κ3) is 6.04. The van der Waals surface area contributed by atoms with Crippen LogP contribution in [-0.2, 0) is 27.3 Å². The van der Waals surface area contributed by atoms with E-state index in [2.05, 4.69) is 5.32 Å². The summed E-state index contributed by atoms with van der Waals surface area (Å²) in [5.41, 5.74) is 1.33. The predicted molar refractivity (Wildman–Crippen MR) is 127 cm³/mol. The zero-order chi connectivity index (χ0) is 23.1. The van der Waals surface area contributed by atoms with Crippen molar-refractivity contribution in [3.63, 3.8) is 0 Å². The average molecular weight is 477 g/mol. The molecule has 0 aliphatic carbocycles. The first-order valence-corrected chi connectivity index (χ1v) is 12.4. The van der Waals surface area contributed by atoms with Gasteiger partial charge in [0.05, 0.1) is 25.8 Å². The molecule has 0 radical (unpaired) electrons. The van der Waals surface area contributed by atoms with Gasteiger partial charge in [0.15, 0.2) is 0 Å². The fourth-order valence-corrected chi connectivity index (χ4v) is 5.58. The number of nitrogens with zero attached hydrogens (tertiary/aromatic N) is 1. The average Bonchev–Trinajstić information content (AvgIpc) is 3.14.